The van der Waals surface area contributed by atoms with Crippen LogP contribution in [-0.4, -0.2) is 54.7 Å². The number of hydrogen-bond acceptors (Lipinski definition) is 4. The van der Waals surface area contributed by atoms with Crippen LogP contribution in [0.15, 0.2) is 18.2 Å². The van der Waals surface area contributed by atoms with Gasteiger partial charge < -0.3 is 14.7 Å². The van der Waals surface area contributed by atoms with E-state index in [9.17, 15) is 5.11 Å². The topological polar surface area (TPSA) is 35.9 Å². The number of rotatable bonds is 6. The number of aliphatic hydroxyl groups excluding tert-OH is 1. The Morgan fingerprint density at radius 1 is 1.33 bits per heavy atom. The fraction of sp³-hybridized carbons (Fsp3) is 0.647. The summed E-state index contributed by atoms with van der Waals surface area (Å²) in [5, 5.41) is 9.30. The van der Waals surface area contributed by atoms with Gasteiger partial charge in [-0.3, -0.25) is 4.90 Å². The predicted molar refractivity (Wildman–Crippen MR) is 85.5 cm³/mol. The zero-order valence-corrected chi connectivity index (χ0v) is 13.5. The smallest absolute Gasteiger partial charge is 0.123 e. The van der Waals surface area contributed by atoms with Crippen LogP contribution < -0.4 is 4.74 Å². The zero-order valence-electron chi connectivity index (χ0n) is 13.5. The second-order valence-electron chi connectivity index (χ2n) is 5.88. The van der Waals surface area contributed by atoms with E-state index < -0.39 is 0 Å². The molecule has 1 aromatic carbocycles. The van der Waals surface area contributed by atoms with Gasteiger partial charge in [0, 0.05) is 18.2 Å². The Labute approximate surface area is 128 Å². The molecule has 0 unspecified atom stereocenters. The number of piperidine rings is 1. The molecular weight excluding hydrogens is 264 g/mol. The lowest BCUT2D eigenvalue weighted by Crippen LogP contribution is -2.42. The van der Waals surface area contributed by atoms with Crippen LogP contribution in [0.3, 0.4) is 0 Å². The van der Waals surface area contributed by atoms with Crippen LogP contribution in [0, 0.1) is 0 Å². The van der Waals surface area contributed by atoms with Crippen LogP contribution in [-0.2, 0) is 13.2 Å². The summed E-state index contributed by atoms with van der Waals surface area (Å²) in [7, 11) is 3.90. The minimum atomic E-state index is 0.0790. The molecule has 0 amide bonds. The molecule has 0 aliphatic carbocycles. The number of methoxy groups -OCH3 is 1. The third-order valence-electron chi connectivity index (χ3n) is 4.57. The molecule has 1 aliphatic heterocycles. The zero-order chi connectivity index (χ0) is 15.2. The molecule has 1 N–H and O–H groups in total. The van der Waals surface area contributed by atoms with E-state index in [0.29, 0.717) is 6.04 Å². The first-order valence-corrected chi connectivity index (χ1v) is 7.87. The van der Waals surface area contributed by atoms with E-state index in [-0.39, 0.29) is 6.61 Å². The fourth-order valence-corrected chi connectivity index (χ4v) is 3.13. The average Bonchev–Trinajstić information content (AvgIpc) is 2.54. The quantitative estimate of drug-likeness (QED) is 0.871. The van der Waals surface area contributed by atoms with Crippen molar-refractivity contribution in [2.45, 2.75) is 39.0 Å². The van der Waals surface area contributed by atoms with E-state index in [4.69, 9.17) is 4.74 Å². The van der Waals surface area contributed by atoms with Crippen LogP contribution in [0.2, 0.25) is 0 Å². The lowest BCUT2D eigenvalue weighted by molar-refractivity contribution is 0.126. The summed E-state index contributed by atoms with van der Waals surface area (Å²) in [5.41, 5.74) is 2.10. The van der Waals surface area contributed by atoms with Crippen molar-refractivity contribution in [3.05, 3.63) is 29.3 Å². The summed E-state index contributed by atoms with van der Waals surface area (Å²) >= 11 is 0. The van der Waals surface area contributed by atoms with Gasteiger partial charge in [0.05, 0.1) is 13.7 Å². The predicted octanol–water partition coefficient (Wildman–Crippen LogP) is 2.10. The maximum Gasteiger partial charge on any atom is 0.123 e. The standard InChI is InChI=1S/C17H28N2O2/c1-4-19-9-7-16(8-10-19)18(2)12-15-11-14(13-20)5-6-17(15)21-3/h5-6,11,16,20H,4,7-10,12-13H2,1-3H3. The summed E-state index contributed by atoms with van der Waals surface area (Å²) in [6.07, 6.45) is 2.46. The van der Waals surface area contributed by atoms with Crippen LogP contribution in [0.25, 0.3) is 0 Å². The largest absolute Gasteiger partial charge is 0.496 e. The molecule has 21 heavy (non-hydrogen) atoms. The van der Waals surface area contributed by atoms with Gasteiger partial charge in [-0.15, -0.1) is 0 Å². The molecule has 0 aromatic heterocycles. The van der Waals surface area contributed by atoms with E-state index in [1.807, 2.05) is 12.1 Å². The fourth-order valence-electron chi connectivity index (χ4n) is 3.13. The van der Waals surface area contributed by atoms with Gasteiger partial charge in [-0.25, -0.2) is 0 Å². The molecule has 0 radical (unpaired) electrons. The lowest BCUT2D eigenvalue weighted by atomic mass is 10.0. The highest BCUT2D eigenvalue weighted by molar-refractivity contribution is 5.37. The van der Waals surface area contributed by atoms with E-state index >= 15 is 0 Å². The van der Waals surface area contributed by atoms with Crippen molar-refractivity contribution in [3.63, 3.8) is 0 Å². The molecule has 4 nitrogen and oxygen atoms in total. The van der Waals surface area contributed by atoms with Crippen LogP contribution in [0.4, 0.5) is 0 Å². The number of benzene rings is 1. The van der Waals surface area contributed by atoms with Gasteiger partial charge in [0.25, 0.3) is 0 Å². The van der Waals surface area contributed by atoms with Gasteiger partial charge in [0.2, 0.25) is 0 Å². The van der Waals surface area contributed by atoms with E-state index in [2.05, 4.69) is 29.8 Å². The summed E-state index contributed by atoms with van der Waals surface area (Å²) in [4.78, 5) is 4.93. The molecule has 1 aromatic rings. The van der Waals surface area contributed by atoms with Crippen molar-refractivity contribution in [2.75, 3.05) is 33.8 Å². The number of likely N-dealkylation sites (tertiary alicyclic amines) is 1. The number of aliphatic hydroxyl groups is 1. The minimum Gasteiger partial charge on any atom is -0.496 e. The molecule has 0 atom stereocenters. The first-order valence-electron chi connectivity index (χ1n) is 7.87. The van der Waals surface area contributed by atoms with Gasteiger partial charge in [-0.05, 0) is 57.2 Å². The number of nitrogens with zero attached hydrogens (tertiary/aromatic N) is 2. The SMILES string of the molecule is CCN1CCC(N(C)Cc2cc(CO)ccc2OC)CC1. The highest BCUT2D eigenvalue weighted by Crippen LogP contribution is 2.24. The summed E-state index contributed by atoms with van der Waals surface area (Å²) in [5.74, 6) is 0.907. The molecule has 0 spiro atoms. The van der Waals surface area contributed by atoms with E-state index in [1.54, 1.807) is 7.11 Å². The molecule has 0 bridgehead atoms. The van der Waals surface area contributed by atoms with E-state index in [1.165, 1.54) is 25.9 Å². The third kappa shape index (κ3) is 4.19. The Morgan fingerprint density at radius 3 is 2.62 bits per heavy atom. The van der Waals surface area contributed by atoms with Gasteiger partial charge in [0.1, 0.15) is 5.75 Å². The third-order valence-corrected chi connectivity index (χ3v) is 4.57. The Hall–Kier alpha value is -1.10. The minimum absolute atomic E-state index is 0.0790. The number of ether oxygens (including phenoxy) is 1. The van der Waals surface area contributed by atoms with Crippen molar-refractivity contribution in [3.8, 4) is 5.75 Å². The molecule has 1 aliphatic rings. The molecule has 1 saturated heterocycles. The maximum absolute atomic E-state index is 9.30. The van der Waals surface area contributed by atoms with Crippen molar-refractivity contribution in [1.29, 1.82) is 0 Å². The summed E-state index contributed by atoms with van der Waals surface area (Å²) in [6, 6.07) is 6.56. The van der Waals surface area contributed by atoms with Gasteiger partial charge in [-0.1, -0.05) is 13.0 Å². The summed E-state index contributed by atoms with van der Waals surface area (Å²) < 4.78 is 5.45. The monoisotopic (exact) mass is 292 g/mol. The van der Waals surface area contributed by atoms with Crippen molar-refractivity contribution in [1.82, 2.24) is 9.80 Å². The second-order valence-corrected chi connectivity index (χ2v) is 5.88. The van der Waals surface area contributed by atoms with Crippen LogP contribution in [0.1, 0.15) is 30.9 Å². The van der Waals surface area contributed by atoms with E-state index in [0.717, 1.165) is 30.0 Å². The van der Waals surface area contributed by atoms with Crippen LogP contribution >= 0.6 is 0 Å². The highest BCUT2D eigenvalue weighted by atomic mass is 16.5. The normalized spacial score (nSPS) is 17.4. The number of hydrogen-bond donors (Lipinski definition) is 1. The Bertz CT molecular complexity index is 442. The van der Waals surface area contributed by atoms with Gasteiger partial charge >= 0.3 is 0 Å². The molecule has 1 fully saturated rings. The molecule has 0 saturated carbocycles. The molecule has 4 heteroatoms. The first kappa shape index (κ1) is 16.3. The Balaban J connectivity index is 2.00. The lowest BCUT2D eigenvalue weighted by Gasteiger charge is -2.36. The first-order chi connectivity index (χ1) is 10.2. The Morgan fingerprint density at radius 2 is 2.05 bits per heavy atom. The van der Waals surface area contributed by atoms with Gasteiger partial charge in [-0.2, -0.15) is 0 Å². The average molecular weight is 292 g/mol. The van der Waals surface area contributed by atoms with Crippen molar-refractivity contribution >= 4 is 0 Å². The molecule has 118 valence electrons. The second kappa shape index (κ2) is 7.78. The highest BCUT2D eigenvalue weighted by Gasteiger charge is 2.22. The van der Waals surface area contributed by atoms with Crippen molar-refractivity contribution < 1.29 is 9.84 Å². The molecule has 1 heterocycles. The van der Waals surface area contributed by atoms with Crippen molar-refractivity contribution in [2.24, 2.45) is 0 Å². The Kier molecular flexibility index (Phi) is 6.03. The van der Waals surface area contributed by atoms with Crippen LogP contribution in [0.5, 0.6) is 5.75 Å². The summed E-state index contributed by atoms with van der Waals surface area (Å²) in [6.45, 7) is 6.72. The maximum atomic E-state index is 9.30. The molecular formula is C17H28N2O2. The van der Waals surface area contributed by atoms with Gasteiger partial charge in [0.15, 0.2) is 0 Å². The molecule has 2 rings (SSSR count).